The molecule has 2 aromatic rings. The van der Waals surface area contributed by atoms with Gasteiger partial charge < -0.3 is 16.3 Å². The predicted molar refractivity (Wildman–Crippen MR) is 85.4 cm³/mol. The molecule has 2 rings (SSSR count). The van der Waals surface area contributed by atoms with E-state index in [2.05, 4.69) is 26.4 Å². The van der Waals surface area contributed by atoms with E-state index < -0.39 is 0 Å². The molecule has 20 heavy (non-hydrogen) atoms. The third-order valence-electron chi connectivity index (χ3n) is 2.80. The van der Waals surface area contributed by atoms with E-state index in [-0.39, 0.29) is 5.84 Å². The molecule has 4 N–H and O–H groups in total. The first-order valence-electron chi connectivity index (χ1n) is 5.86. The van der Waals surface area contributed by atoms with Crippen LogP contribution in [0.15, 0.2) is 52.1 Å². The van der Waals surface area contributed by atoms with Crippen LogP contribution in [0.25, 0.3) is 0 Å². The number of nitrogens with one attached hydrogen (secondary N) is 1. The number of rotatable bonds is 4. The van der Waals surface area contributed by atoms with Crippen molar-refractivity contribution in [3.8, 4) is 0 Å². The molecule has 0 radical (unpaired) electrons. The van der Waals surface area contributed by atoms with Crippen molar-refractivity contribution >= 4 is 39.1 Å². The maximum Gasteiger partial charge on any atom is 0.170 e. The number of anilines is 1. The van der Waals surface area contributed by atoms with E-state index in [4.69, 9.17) is 22.5 Å². The van der Waals surface area contributed by atoms with Crippen molar-refractivity contribution in [1.29, 1.82) is 0 Å². The van der Waals surface area contributed by atoms with Gasteiger partial charge in [0, 0.05) is 22.3 Å². The Kier molecular flexibility index (Phi) is 4.87. The average Bonchev–Trinajstić information content (AvgIpc) is 2.48. The molecule has 0 atom stereocenters. The van der Waals surface area contributed by atoms with Gasteiger partial charge in [0.05, 0.1) is 5.02 Å². The number of amidine groups is 1. The molecule has 4 nitrogen and oxygen atoms in total. The molecule has 0 aliphatic rings. The van der Waals surface area contributed by atoms with E-state index in [1.54, 1.807) is 6.07 Å². The van der Waals surface area contributed by atoms with Crippen LogP contribution in [0.2, 0.25) is 5.02 Å². The second-order valence-corrected chi connectivity index (χ2v) is 5.39. The standard InChI is InChI=1S/C14H13BrClN3O/c15-12-6-5-10(7-13(12)16)18-8-9-3-1-2-4-11(9)14(17)19-20/h1-7,18,20H,8H2,(H2,17,19). The van der Waals surface area contributed by atoms with E-state index in [9.17, 15) is 0 Å². The zero-order valence-electron chi connectivity index (χ0n) is 10.5. The van der Waals surface area contributed by atoms with Crippen LogP contribution >= 0.6 is 27.5 Å². The first-order valence-corrected chi connectivity index (χ1v) is 7.03. The number of halogens is 2. The van der Waals surface area contributed by atoms with Gasteiger partial charge >= 0.3 is 0 Å². The molecule has 0 bridgehead atoms. The third kappa shape index (κ3) is 3.43. The van der Waals surface area contributed by atoms with E-state index in [1.807, 2.05) is 36.4 Å². The van der Waals surface area contributed by atoms with Gasteiger partial charge in [0.25, 0.3) is 0 Å². The maximum absolute atomic E-state index is 8.78. The molecule has 0 aliphatic carbocycles. The zero-order valence-corrected chi connectivity index (χ0v) is 12.8. The minimum absolute atomic E-state index is 0.0937. The Bertz CT molecular complexity index is 646. The summed E-state index contributed by atoms with van der Waals surface area (Å²) in [6.07, 6.45) is 0. The third-order valence-corrected chi connectivity index (χ3v) is 4.04. The first-order chi connectivity index (χ1) is 9.61. The Morgan fingerprint density at radius 1 is 1.30 bits per heavy atom. The highest BCUT2D eigenvalue weighted by molar-refractivity contribution is 9.10. The van der Waals surface area contributed by atoms with Gasteiger partial charge in [0.1, 0.15) is 0 Å². The quantitative estimate of drug-likeness (QED) is 0.338. The molecule has 0 amide bonds. The Labute approximate surface area is 130 Å². The molecule has 0 saturated heterocycles. The normalized spacial score (nSPS) is 11.4. The van der Waals surface area contributed by atoms with Gasteiger partial charge in [-0.3, -0.25) is 0 Å². The van der Waals surface area contributed by atoms with Crippen molar-refractivity contribution in [1.82, 2.24) is 0 Å². The van der Waals surface area contributed by atoms with Crippen LogP contribution in [0.5, 0.6) is 0 Å². The topological polar surface area (TPSA) is 70.6 Å². The number of benzene rings is 2. The minimum Gasteiger partial charge on any atom is -0.409 e. The fraction of sp³-hybridized carbons (Fsp3) is 0.0714. The lowest BCUT2D eigenvalue weighted by molar-refractivity contribution is 0.318. The number of nitrogens with two attached hydrogens (primary N) is 1. The number of nitrogens with zero attached hydrogens (tertiary/aromatic N) is 1. The lowest BCUT2D eigenvalue weighted by Crippen LogP contribution is -2.16. The number of hydrogen-bond donors (Lipinski definition) is 3. The maximum atomic E-state index is 8.78. The highest BCUT2D eigenvalue weighted by Crippen LogP contribution is 2.25. The van der Waals surface area contributed by atoms with Crippen molar-refractivity contribution in [2.75, 3.05) is 5.32 Å². The van der Waals surface area contributed by atoms with Crippen LogP contribution in [0.3, 0.4) is 0 Å². The molecule has 0 spiro atoms. The molecule has 104 valence electrons. The number of hydrogen-bond acceptors (Lipinski definition) is 3. The summed E-state index contributed by atoms with van der Waals surface area (Å²) in [4.78, 5) is 0. The van der Waals surface area contributed by atoms with Crippen molar-refractivity contribution in [2.45, 2.75) is 6.54 Å². The smallest absolute Gasteiger partial charge is 0.170 e. The van der Waals surface area contributed by atoms with E-state index >= 15 is 0 Å². The second kappa shape index (κ2) is 6.63. The lowest BCUT2D eigenvalue weighted by atomic mass is 10.1. The van der Waals surface area contributed by atoms with E-state index in [1.165, 1.54) is 0 Å². The summed E-state index contributed by atoms with van der Waals surface area (Å²) in [7, 11) is 0. The summed E-state index contributed by atoms with van der Waals surface area (Å²) in [6.45, 7) is 0.546. The summed E-state index contributed by atoms with van der Waals surface area (Å²) in [5.41, 5.74) is 8.18. The molecule has 2 aromatic carbocycles. The van der Waals surface area contributed by atoms with E-state index in [0.717, 1.165) is 15.7 Å². The summed E-state index contributed by atoms with van der Waals surface area (Å²) >= 11 is 9.39. The molecule has 0 fully saturated rings. The Hall–Kier alpha value is -1.72. The van der Waals surface area contributed by atoms with Gasteiger partial charge in [0.15, 0.2) is 5.84 Å². The van der Waals surface area contributed by atoms with Crippen LogP contribution in [0.4, 0.5) is 5.69 Å². The molecule has 6 heteroatoms. The van der Waals surface area contributed by atoms with Gasteiger partial charge in [-0.25, -0.2) is 0 Å². The fourth-order valence-electron chi connectivity index (χ4n) is 1.78. The van der Waals surface area contributed by atoms with Gasteiger partial charge in [0.2, 0.25) is 0 Å². The zero-order chi connectivity index (χ0) is 14.5. The highest BCUT2D eigenvalue weighted by Gasteiger charge is 2.06. The average molecular weight is 355 g/mol. The van der Waals surface area contributed by atoms with Crippen LogP contribution in [0.1, 0.15) is 11.1 Å². The predicted octanol–water partition coefficient (Wildman–Crippen LogP) is 3.81. The molecule has 0 aromatic heterocycles. The molecule has 0 unspecified atom stereocenters. The Balaban J connectivity index is 2.17. The Morgan fingerprint density at radius 3 is 2.75 bits per heavy atom. The van der Waals surface area contributed by atoms with Gasteiger partial charge in [-0.15, -0.1) is 0 Å². The molecular weight excluding hydrogens is 342 g/mol. The van der Waals surface area contributed by atoms with E-state index in [0.29, 0.717) is 17.1 Å². The summed E-state index contributed by atoms with van der Waals surface area (Å²) in [5, 5.41) is 15.7. The van der Waals surface area contributed by atoms with Crippen molar-refractivity contribution in [2.24, 2.45) is 10.9 Å². The Morgan fingerprint density at radius 2 is 2.05 bits per heavy atom. The molecule has 0 heterocycles. The highest BCUT2D eigenvalue weighted by atomic mass is 79.9. The molecule has 0 aliphatic heterocycles. The molecular formula is C14H13BrClN3O. The van der Waals surface area contributed by atoms with Crippen molar-refractivity contribution in [3.05, 3.63) is 63.1 Å². The SMILES string of the molecule is N/C(=N/O)c1ccccc1CNc1ccc(Br)c(Cl)c1. The fourth-order valence-corrected chi connectivity index (χ4v) is 2.21. The summed E-state index contributed by atoms with van der Waals surface area (Å²) < 4.78 is 0.849. The van der Waals surface area contributed by atoms with Crippen molar-refractivity contribution in [3.63, 3.8) is 0 Å². The van der Waals surface area contributed by atoms with Crippen LogP contribution in [-0.2, 0) is 6.54 Å². The summed E-state index contributed by atoms with van der Waals surface area (Å²) in [5.74, 6) is 0.0937. The first kappa shape index (κ1) is 14.7. The number of oxime groups is 1. The monoisotopic (exact) mass is 353 g/mol. The minimum atomic E-state index is 0.0937. The van der Waals surface area contributed by atoms with Gasteiger partial charge in [-0.1, -0.05) is 41.0 Å². The largest absolute Gasteiger partial charge is 0.409 e. The van der Waals surface area contributed by atoms with Crippen LogP contribution in [-0.4, -0.2) is 11.0 Å². The van der Waals surface area contributed by atoms with Gasteiger partial charge in [-0.05, 0) is 39.7 Å². The van der Waals surface area contributed by atoms with Crippen LogP contribution < -0.4 is 11.1 Å². The molecule has 0 saturated carbocycles. The van der Waals surface area contributed by atoms with Crippen molar-refractivity contribution < 1.29 is 5.21 Å². The second-order valence-electron chi connectivity index (χ2n) is 4.12. The van der Waals surface area contributed by atoms with Crippen LogP contribution in [0, 0.1) is 0 Å². The summed E-state index contributed by atoms with van der Waals surface area (Å²) in [6, 6.07) is 13.1. The lowest BCUT2D eigenvalue weighted by Gasteiger charge is -2.11. The van der Waals surface area contributed by atoms with Gasteiger partial charge in [-0.2, -0.15) is 0 Å².